The van der Waals surface area contributed by atoms with Crippen LogP contribution >= 0.6 is 24.8 Å². The van der Waals surface area contributed by atoms with Gasteiger partial charge in [0.2, 0.25) is 0 Å². The molecule has 0 spiro atoms. The Labute approximate surface area is 254 Å². The van der Waals surface area contributed by atoms with Gasteiger partial charge in [0.25, 0.3) is 0 Å². The summed E-state index contributed by atoms with van der Waals surface area (Å²) in [6.07, 6.45) is 10.7. The van der Waals surface area contributed by atoms with Gasteiger partial charge in [0.15, 0.2) is 0 Å². The summed E-state index contributed by atoms with van der Waals surface area (Å²) in [7, 11) is 0. The first kappa shape index (κ1) is 30.3. The maximum absolute atomic E-state index is 14.4. The fourth-order valence-corrected chi connectivity index (χ4v) is 26.9. The summed E-state index contributed by atoms with van der Waals surface area (Å²) in [5, 5.41) is 2.82. The van der Waals surface area contributed by atoms with E-state index in [1.807, 2.05) is 12.1 Å². The molecular weight excluding hydrogens is 637 g/mol. The molecule has 0 unspecified atom stereocenters. The third-order valence-electron chi connectivity index (χ3n) is 7.11. The Morgan fingerprint density at radius 3 is 1.35 bits per heavy atom. The Bertz CT molecular complexity index is 1550. The summed E-state index contributed by atoms with van der Waals surface area (Å²) < 4.78 is 31.8. The van der Waals surface area contributed by atoms with E-state index in [0.717, 1.165) is 24.0 Å². The van der Waals surface area contributed by atoms with Crippen LogP contribution < -0.4 is 10.4 Å². The van der Waals surface area contributed by atoms with Crippen LogP contribution in [0.5, 0.6) is 0 Å². The zero-order valence-corrected chi connectivity index (χ0v) is 26.8. The predicted molar refractivity (Wildman–Crippen MR) is 167 cm³/mol. The molecule has 0 radical (unpaired) electrons. The molecule has 0 saturated carbocycles. The van der Waals surface area contributed by atoms with Crippen LogP contribution in [-0.4, -0.2) is 5.43 Å². The number of hydrogen-bond acceptors (Lipinski definition) is 0. The molecule has 2 aliphatic carbocycles. The zero-order chi connectivity index (χ0) is 25.9. The summed E-state index contributed by atoms with van der Waals surface area (Å²) in [5.41, 5.74) is 3.09. The van der Waals surface area contributed by atoms with Crippen molar-refractivity contribution in [1.82, 2.24) is 0 Å². The number of allylic oxidation sites excluding steroid dienone is 8. The van der Waals surface area contributed by atoms with E-state index < -0.39 is 25.8 Å². The van der Waals surface area contributed by atoms with Gasteiger partial charge in [0.1, 0.15) is 0 Å². The van der Waals surface area contributed by atoms with E-state index in [2.05, 4.69) is 85.0 Å². The molecule has 0 aromatic heterocycles. The van der Waals surface area contributed by atoms with Crippen molar-refractivity contribution < 1.29 is 29.1 Å². The molecule has 0 amide bonds. The first-order chi connectivity index (χ1) is 18.7. The molecule has 0 heterocycles. The standard InChI is InChI=1S/C12H10Si.2C11H8F.2ClH.Zr/c1-3-7-11(8-4-1)13-12-9-5-2-6-10-12;2*12-11-7-3-6-10(8-11)9-4-1-2-5-9;;;/h1-10H;2*1,3-4,6-8H,2H2;2*1H;. The van der Waals surface area contributed by atoms with Crippen LogP contribution in [0.25, 0.3) is 11.1 Å². The monoisotopic (exact) mass is 662 g/mol. The van der Waals surface area contributed by atoms with Crippen molar-refractivity contribution in [3.63, 3.8) is 0 Å². The summed E-state index contributed by atoms with van der Waals surface area (Å²) >= 11 is -2.74. The average Bonchev–Trinajstić information content (AvgIpc) is 3.63. The average molecular weight is 665 g/mol. The maximum atomic E-state index is 14.4. The Hall–Kier alpha value is -2.62. The summed E-state index contributed by atoms with van der Waals surface area (Å²) in [6, 6.07) is 35.9. The van der Waals surface area contributed by atoms with Crippen molar-refractivity contribution in [3.8, 4) is 0 Å². The Morgan fingerprint density at radius 1 is 0.525 bits per heavy atom. The first-order valence-electron chi connectivity index (χ1n) is 12.9. The Balaban J connectivity index is 0.00000185. The van der Waals surface area contributed by atoms with Gasteiger partial charge in [-0.2, -0.15) is 0 Å². The first-order valence-corrected chi connectivity index (χ1v) is 20.5. The minimum atomic E-state index is -2.74. The molecule has 0 bridgehead atoms. The van der Waals surface area contributed by atoms with Gasteiger partial charge in [-0.3, -0.25) is 0 Å². The van der Waals surface area contributed by atoms with Gasteiger partial charge in [-0.25, -0.2) is 0 Å². The molecule has 0 saturated heterocycles. The second-order valence-electron chi connectivity index (χ2n) is 9.50. The van der Waals surface area contributed by atoms with Gasteiger partial charge in [-0.1, -0.05) is 0 Å². The van der Waals surface area contributed by atoms with Crippen LogP contribution in [-0.2, 0) is 20.4 Å². The van der Waals surface area contributed by atoms with Crippen molar-refractivity contribution in [3.05, 3.63) is 163 Å². The van der Waals surface area contributed by atoms with Gasteiger partial charge < -0.3 is 0 Å². The topological polar surface area (TPSA) is 0 Å². The third-order valence-corrected chi connectivity index (χ3v) is 26.2. The van der Waals surface area contributed by atoms with Crippen molar-refractivity contribution >= 4 is 51.8 Å². The quantitative estimate of drug-likeness (QED) is 0.182. The van der Waals surface area contributed by atoms with Gasteiger partial charge in [-0.15, -0.1) is 24.8 Å². The molecule has 2 aliphatic rings. The van der Waals surface area contributed by atoms with Crippen LogP contribution in [0.2, 0.25) is 0 Å². The SMILES string of the molecule is Cl.Cl.Fc1cccc(C2=[C]([Zr]([C]3=C(c4cccc(F)c4)C=CC3)=[Si](c3ccccc3)c3ccccc3)CC=C2)c1. The Morgan fingerprint density at radius 2 is 0.950 bits per heavy atom. The fourth-order valence-electron chi connectivity index (χ4n) is 5.49. The molecule has 40 heavy (non-hydrogen) atoms. The number of benzene rings is 4. The van der Waals surface area contributed by atoms with Gasteiger partial charge >= 0.3 is 232 Å². The van der Waals surface area contributed by atoms with Crippen LogP contribution in [0.15, 0.2) is 140 Å². The van der Waals surface area contributed by atoms with Crippen LogP contribution in [0.3, 0.4) is 0 Å². The molecule has 4 aromatic carbocycles. The molecule has 4 aromatic rings. The van der Waals surface area contributed by atoms with E-state index in [4.69, 9.17) is 0 Å². The number of halogens is 4. The molecule has 200 valence electrons. The molecule has 6 rings (SSSR count). The molecule has 0 fully saturated rings. The third kappa shape index (κ3) is 6.31. The van der Waals surface area contributed by atoms with E-state index in [1.54, 1.807) is 24.3 Å². The zero-order valence-electron chi connectivity index (χ0n) is 21.7. The van der Waals surface area contributed by atoms with Gasteiger partial charge in [0, 0.05) is 0 Å². The molecule has 0 N–H and O–H groups in total. The van der Waals surface area contributed by atoms with Crippen LogP contribution in [0.1, 0.15) is 24.0 Å². The molecule has 0 nitrogen and oxygen atoms in total. The van der Waals surface area contributed by atoms with Crippen LogP contribution in [0, 0.1) is 11.6 Å². The van der Waals surface area contributed by atoms with Crippen molar-refractivity contribution in [1.29, 1.82) is 0 Å². The summed E-state index contributed by atoms with van der Waals surface area (Å²) in [4.78, 5) is 0. The van der Waals surface area contributed by atoms with E-state index in [1.165, 1.54) is 40.2 Å². The second-order valence-corrected chi connectivity index (χ2v) is 22.9. The van der Waals surface area contributed by atoms with Crippen LogP contribution in [0.4, 0.5) is 8.78 Å². The predicted octanol–water partition coefficient (Wildman–Crippen LogP) is 8.27. The molecule has 6 heteroatoms. The minimum absolute atomic E-state index is 0. The number of rotatable bonds is 6. The summed E-state index contributed by atoms with van der Waals surface area (Å²) in [6.45, 7) is 0. The number of hydrogen-bond donors (Lipinski definition) is 0. The van der Waals surface area contributed by atoms with E-state index >= 15 is 0 Å². The Kier molecular flexibility index (Phi) is 10.5. The van der Waals surface area contributed by atoms with Crippen molar-refractivity contribution in [2.24, 2.45) is 0 Å². The van der Waals surface area contributed by atoms with Crippen molar-refractivity contribution in [2.75, 3.05) is 0 Å². The molecule has 0 atom stereocenters. The van der Waals surface area contributed by atoms with Gasteiger partial charge in [0.05, 0.1) is 0 Å². The van der Waals surface area contributed by atoms with Gasteiger partial charge in [-0.05, 0) is 0 Å². The second kappa shape index (κ2) is 13.8. The molecule has 0 aliphatic heterocycles. The van der Waals surface area contributed by atoms with E-state index in [-0.39, 0.29) is 36.4 Å². The van der Waals surface area contributed by atoms with E-state index in [0.29, 0.717) is 0 Å². The molecular formula is C34H28Cl2F2SiZr. The summed E-state index contributed by atoms with van der Waals surface area (Å²) in [5.74, 6) is -0.419. The van der Waals surface area contributed by atoms with Crippen molar-refractivity contribution in [2.45, 2.75) is 12.8 Å². The normalized spacial score (nSPS) is 13.8. The van der Waals surface area contributed by atoms with E-state index in [9.17, 15) is 8.78 Å². The fraction of sp³-hybridized carbons (Fsp3) is 0.0588.